The standard InChI is InChI=1S/C14H18N4S/c1-11-10-19-13(17-11)9-16-12-5-4-6-15-14(12)18-7-2-3-8-18/h4-6,10,16H,2-3,7-9H2,1H3. The van der Waals surface area contributed by atoms with Gasteiger partial charge in [-0.3, -0.25) is 0 Å². The molecule has 2 aromatic heterocycles. The van der Waals surface area contributed by atoms with Crippen molar-refractivity contribution in [1.82, 2.24) is 9.97 Å². The van der Waals surface area contributed by atoms with Crippen molar-refractivity contribution in [1.29, 1.82) is 0 Å². The molecule has 0 aromatic carbocycles. The first-order chi connectivity index (χ1) is 9.33. The number of aryl methyl sites for hydroxylation is 1. The van der Waals surface area contributed by atoms with Crippen LogP contribution >= 0.6 is 11.3 Å². The van der Waals surface area contributed by atoms with Crippen LogP contribution < -0.4 is 10.2 Å². The molecule has 0 atom stereocenters. The number of aromatic nitrogens is 2. The molecule has 0 bridgehead atoms. The van der Waals surface area contributed by atoms with Gasteiger partial charge in [-0.1, -0.05) is 0 Å². The third-order valence-electron chi connectivity index (χ3n) is 3.29. The Labute approximate surface area is 117 Å². The molecule has 5 heteroatoms. The van der Waals surface area contributed by atoms with Gasteiger partial charge in [-0.25, -0.2) is 9.97 Å². The lowest BCUT2D eigenvalue weighted by atomic mass is 10.3. The number of rotatable bonds is 4. The van der Waals surface area contributed by atoms with Crippen molar-refractivity contribution in [2.75, 3.05) is 23.3 Å². The number of thiazole rings is 1. The highest BCUT2D eigenvalue weighted by Gasteiger charge is 2.16. The van der Waals surface area contributed by atoms with E-state index in [1.54, 1.807) is 11.3 Å². The van der Waals surface area contributed by atoms with E-state index in [0.717, 1.165) is 41.8 Å². The summed E-state index contributed by atoms with van der Waals surface area (Å²) in [5.74, 6) is 1.08. The Morgan fingerprint density at radius 1 is 1.37 bits per heavy atom. The minimum absolute atomic E-state index is 0.769. The Bertz CT molecular complexity index is 546. The summed E-state index contributed by atoms with van der Waals surface area (Å²) in [5.41, 5.74) is 2.20. The maximum Gasteiger partial charge on any atom is 0.151 e. The minimum atomic E-state index is 0.769. The van der Waals surface area contributed by atoms with Gasteiger partial charge >= 0.3 is 0 Å². The molecule has 100 valence electrons. The van der Waals surface area contributed by atoms with Crippen LogP contribution in [-0.2, 0) is 6.54 Å². The molecule has 1 aliphatic rings. The van der Waals surface area contributed by atoms with Crippen molar-refractivity contribution >= 4 is 22.8 Å². The maximum absolute atomic E-state index is 4.52. The molecule has 3 rings (SSSR count). The van der Waals surface area contributed by atoms with E-state index in [-0.39, 0.29) is 0 Å². The molecule has 0 spiro atoms. The number of nitrogens with one attached hydrogen (secondary N) is 1. The Morgan fingerprint density at radius 2 is 2.21 bits per heavy atom. The Balaban J connectivity index is 1.73. The first-order valence-electron chi connectivity index (χ1n) is 6.68. The molecular formula is C14H18N4S. The van der Waals surface area contributed by atoms with E-state index in [0.29, 0.717) is 0 Å². The van der Waals surface area contributed by atoms with Crippen molar-refractivity contribution in [3.05, 3.63) is 34.4 Å². The summed E-state index contributed by atoms with van der Waals surface area (Å²) in [4.78, 5) is 11.4. The van der Waals surface area contributed by atoms with Gasteiger partial charge in [0.2, 0.25) is 0 Å². The van der Waals surface area contributed by atoms with Gasteiger partial charge in [-0.05, 0) is 31.9 Å². The second-order valence-corrected chi connectivity index (χ2v) is 5.75. The number of nitrogens with zero attached hydrogens (tertiary/aromatic N) is 3. The fourth-order valence-corrected chi connectivity index (χ4v) is 3.08. The molecule has 3 heterocycles. The molecule has 0 amide bonds. The zero-order chi connectivity index (χ0) is 13.1. The average Bonchev–Trinajstić information content (AvgIpc) is 3.08. The van der Waals surface area contributed by atoms with Crippen molar-refractivity contribution in [3.8, 4) is 0 Å². The fourth-order valence-electron chi connectivity index (χ4n) is 2.37. The van der Waals surface area contributed by atoms with Gasteiger partial charge < -0.3 is 10.2 Å². The third kappa shape index (κ3) is 2.87. The summed E-state index contributed by atoms with van der Waals surface area (Å²) in [6.07, 6.45) is 4.40. The summed E-state index contributed by atoms with van der Waals surface area (Å²) in [6.45, 7) is 5.02. The van der Waals surface area contributed by atoms with Crippen LogP contribution in [0.25, 0.3) is 0 Å². The van der Waals surface area contributed by atoms with Crippen molar-refractivity contribution in [2.45, 2.75) is 26.3 Å². The van der Waals surface area contributed by atoms with E-state index >= 15 is 0 Å². The molecule has 0 radical (unpaired) electrons. The highest BCUT2D eigenvalue weighted by molar-refractivity contribution is 7.09. The first-order valence-corrected chi connectivity index (χ1v) is 7.56. The second-order valence-electron chi connectivity index (χ2n) is 4.80. The van der Waals surface area contributed by atoms with Gasteiger partial charge in [-0.2, -0.15) is 0 Å². The van der Waals surface area contributed by atoms with Gasteiger partial charge in [0.1, 0.15) is 5.01 Å². The number of hydrogen-bond donors (Lipinski definition) is 1. The Morgan fingerprint density at radius 3 is 2.95 bits per heavy atom. The maximum atomic E-state index is 4.52. The average molecular weight is 274 g/mol. The fraction of sp³-hybridized carbons (Fsp3) is 0.429. The van der Waals surface area contributed by atoms with Gasteiger partial charge in [0.25, 0.3) is 0 Å². The molecule has 1 fully saturated rings. The van der Waals surface area contributed by atoms with Gasteiger partial charge in [0.15, 0.2) is 5.82 Å². The minimum Gasteiger partial charge on any atom is -0.376 e. The van der Waals surface area contributed by atoms with Crippen LogP contribution in [0.3, 0.4) is 0 Å². The van der Waals surface area contributed by atoms with Crippen LogP contribution in [0.4, 0.5) is 11.5 Å². The van der Waals surface area contributed by atoms with E-state index in [9.17, 15) is 0 Å². The summed E-state index contributed by atoms with van der Waals surface area (Å²) in [5, 5.41) is 6.67. The lowest BCUT2D eigenvalue weighted by Crippen LogP contribution is -2.20. The van der Waals surface area contributed by atoms with Crippen LogP contribution in [0.15, 0.2) is 23.7 Å². The van der Waals surface area contributed by atoms with E-state index in [1.807, 2.05) is 19.2 Å². The highest BCUT2D eigenvalue weighted by atomic mass is 32.1. The number of anilines is 2. The SMILES string of the molecule is Cc1csc(CNc2cccnc2N2CCCC2)n1. The number of hydrogen-bond acceptors (Lipinski definition) is 5. The predicted octanol–water partition coefficient (Wildman–Crippen LogP) is 3.06. The topological polar surface area (TPSA) is 41.1 Å². The predicted molar refractivity (Wildman–Crippen MR) is 79.9 cm³/mol. The van der Waals surface area contributed by atoms with Gasteiger partial charge in [0, 0.05) is 30.4 Å². The smallest absolute Gasteiger partial charge is 0.151 e. The van der Waals surface area contributed by atoms with Crippen LogP contribution in [0.2, 0.25) is 0 Å². The van der Waals surface area contributed by atoms with Crippen molar-refractivity contribution < 1.29 is 0 Å². The largest absolute Gasteiger partial charge is 0.376 e. The summed E-state index contributed by atoms with van der Waals surface area (Å²) >= 11 is 1.70. The summed E-state index contributed by atoms with van der Waals surface area (Å²) in [6, 6.07) is 4.08. The number of pyridine rings is 1. The summed E-state index contributed by atoms with van der Waals surface area (Å²) in [7, 11) is 0. The molecule has 0 saturated carbocycles. The highest BCUT2D eigenvalue weighted by Crippen LogP contribution is 2.26. The van der Waals surface area contributed by atoms with Gasteiger partial charge in [-0.15, -0.1) is 11.3 Å². The molecule has 0 aliphatic carbocycles. The van der Waals surface area contributed by atoms with Crippen LogP contribution in [0.5, 0.6) is 0 Å². The zero-order valence-electron chi connectivity index (χ0n) is 11.1. The van der Waals surface area contributed by atoms with Crippen LogP contribution in [0, 0.1) is 6.92 Å². The molecule has 1 aliphatic heterocycles. The van der Waals surface area contributed by atoms with Crippen molar-refractivity contribution in [2.24, 2.45) is 0 Å². The molecule has 2 aromatic rings. The monoisotopic (exact) mass is 274 g/mol. The lowest BCUT2D eigenvalue weighted by molar-refractivity contribution is 0.934. The first kappa shape index (κ1) is 12.4. The molecule has 1 saturated heterocycles. The van der Waals surface area contributed by atoms with E-state index in [1.165, 1.54) is 12.8 Å². The van der Waals surface area contributed by atoms with E-state index < -0.39 is 0 Å². The second kappa shape index (κ2) is 5.57. The van der Waals surface area contributed by atoms with Crippen LogP contribution in [0.1, 0.15) is 23.5 Å². The molecule has 0 unspecified atom stereocenters. The molecule has 19 heavy (non-hydrogen) atoms. The zero-order valence-corrected chi connectivity index (χ0v) is 11.9. The third-order valence-corrected chi connectivity index (χ3v) is 4.26. The molecular weight excluding hydrogens is 256 g/mol. The lowest BCUT2D eigenvalue weighted by Gasteiger charge is -2.20. The van der Waals surface area contributed by atoms with Crippen molar-refractivity contribution in [3.63, 3.8) is 0 Å². The Hall–Kier alpha value is -1.62. The van der Waals surface area contributed by atoms with E-state index in [4.69, 9.17) is 0 Å². The summed E-state index contributed by atoms with van der Waals surface area (Å²) < 4.78 is 0. The molecule has 4 nitrogen and oxygen atoms in total. The quantitative estimate of drug-likeness (QED) is 0.930. The molecule has 1 N–H and O–H groups in total. The Kier molecular flexibility index (Phi) is 3.64. The van der Waals surface area contributed by atoms with Gasteiger partial charge in [0.05, 0.1) is 12.2 Å². The normalized spacial score (nSPS) is 14.9. The van der Waals surface area contributed by atoms with E-state index in [2.05, 4.69) is 31.6 Å². The van der Waals surface area contributed by atoms with Crippen LogP contribution in [-0.4, -0.2) is 23.1 Å².